The van der Waals surface area contributed by atoms with E-state index in [1.165, 1.54) is 11.3 Å². The lowest BCUT2D eigenvalue weighted by Gasteiger charge is -2.32. The summed E-state index contributed by atoms with van der Waals surface area (Å²) < 4.78 is 1.10. The number of likely N-dealkylation sites (tertiary alicyclic amines) is 1. The second-order valence-corrected chi connectivity index (χ2v) is 7.90. The van der Waals surface area contributed by atoms with Crippen LogP contribution < -0.4 is 5.32 Å². The fraction of sp³-hybridized carbons (Fsp3) is 0.588. The van der Waals surface area contributed by atoms with Crippen LogP contribution in [-0.4, -0.2) is 43.2 Å². The molecule has 0 radical (unpaired) electrons. The van der Waals surface area contributed by atoms with Crippen molar-refractivity contribution in [3.05, 3.63) is 28.7 Å². The highest BCUT2D eigenvalue weighted by Crippen LogP contribution is 2.22. The number of amides is 1. The Kier molecular flexibility index (Phi) is 10.3. The van der Waals surface area contributed by atoms with Crippen molar-refractivity contribution in [3.63, 3.8) is 0 Å². The minimum atomic E-state index is 0. The monoisotopic (exact) mass is 420 g/mol. The van der Waals surface area contributed by atoms with Gasteiger partial charge < -0.3 is 10.2 Å². The van der Waals surface area contributed by atoms with E-state index in [1.54, 1.807) is 0 Å². The number of rotatable bonds is 7. The van der Waals surface area contributed by atoms with Crippen LogP contribution in [-0.2, 0) is 4.79 Å². The molecule has 3 nitrogen and oxygen atoms in total. The number of nitrogens with one attached hydrogen (secondary N) is 1. The second-order valence-electron chi connectivity index (χ2n) is 5.81. The lowest BCUT2D eigenvalue weighted by Crippen LogP contribution is -2.42. The van der Waals surface area contributed by atoms with E-state index in [0.717, 1.165) is 42.7 Å². The van der Waals surface area contributed by atoms with Crippen LogP contribution in [0.15, 0.2) is 33.6 Å². The molecule has 1 fully saturated rings. The quantitative estimate of drug-likeness (QED) is 0.529. The van der Waals surface area contributed by atoms with Gasteiger partial charge in [-0.1, -0.05) is 15.9 Å². The van der Waals surface area contributed by atoms with E-state index in [4.69, 9.17) is 0 Å². The number of hydrogen-bond donors (Lipinski definition) is 1. The van der Waals surface area contributed by atoms with Gasteiger partial charge in [0.05, 0.1) is 0 Å². The molecule has 1 amide bonds. The maximum absolute atomic E-state index is 12.3. The van der Waals surface area contributed by atoms with E-state index in [9.17, 15) is 4.79 Å². The van der Waals surface area contributed by atoms with Crippen molar-refractivity contribution in [2.45, 2.75) is 30.6 Å². The van der Waals surface area contributed by atoms with Gasteiger partial charge in [-0.05, 0) is 68.8 Å². The van der Waals surface area contributed by atoms with Crippen LogP contribution in [0.4, 0.5) is 0 Å². The summed E-state index contributed by atoms with van der Waals surface area (Å²) in [5.74, 6) is 1.96. The zero-order chi connectivity index (χ0) is 15.8. The molecule has 2 rings (SSSR count). The maximum Gasteiger partial charge on any atom is 0.222 e. The molecule has 23 heavy (non-hydrogen) atoms. The van der Waals surface area contributed by atoms with E-state index < -0.39 is 0 Å². The topological polar surface area (TPSA) is 32.3 Å². The summed E-state index contributed by atoms with van der Waals surface area (Å²) in [6.07, 6.45) is 4.01. The molecular weight excluding hydrogens is 396 g/mol. The van der Waals surface area contributed by atoms with Crippen molar-refractivity contribution in [2.75, 3.05) is 32.4 Å². The molecule has 1 aromatic carbocycles. The van der Waals surface area contributed by atoms with Gasteiger partial charge in [0.25, 0.3) is 0 Å². The minimum absolute atomic E-state index is 0. The fourth-order valence-corrected chi connectivity index (χ4v) is 3.97. The zero-order valence-electron chi connectivity index (χ0n) is 13.6. The summed E-state index contributed by atoms with van der Waals surface area (Å²) >= 11 is 5.27. The number of piperidine rings is 1. The Morgan fingerprint density at radius 2 is 2.13 bits per heavy atom. The molecule has 6 heteroatoms. The number of halogens is 2. The molecule has 130 valence electrons. The number of nitrogens with zero attached hydrogens (tertiary/aromatic N) is 1. The van der Waals surface area contributed by atoms with Crippen LogP contribution >= 0.6 is 40.1 Å². The van der Waals surface area contributed by atoms with Crippen LogP contribution in [0.5, 0.6) is 0 Å². The summed E-state index contributed by atoms with van der Waals surface area (Å²) in [6, 6.07) is 8.35. The Morgan fingerprint density at radius 1 is 1.39 bits per heavy atom. The first-order valence-electron chi connectivity index (χ1n) is 8.00. The van der Waals surface area contributed by atoms with Crippen LogP contribution in [0.25, 0.3) is 0 Å². The lowest BCUT2D eigenvalue weighted by molar-refractivity contribution is -0.132. The van der Waals surface area contributed by atoms with Crippen LogP contribution in [0.3, 0.4) is 0 Å². The van der Waals surface area contributed by atoms with Crippen molar-refractivity contribution in [3.8, 4) is 0 Å². The molecule has 1 saturated heterocycles. The Bertz CT molecular complexity index is 470. The molecule has 1 aliphatic heterocycles. The van der Waals surface area contributed by atoms with Gasteiger partial charge in [0.2, 0.25) is 5.91 Å². The summed E-state index contributed by atoms with van der Waals surface area (Å²) in [5.41, 5.74) is 0. The third-order valence-corrected chi connectivity index (χ3v) is 5.61. The number of carbonyl (C=O) groups is 1. The third kappa shape index (κ3) is 7.46. The molecule has 1 N–H and O–H groups in total. The minimum Gasteiger partial charge on any atom is -0.342 e. The molecule has 1 atom stereocenters. The van der Waals surface area contributed by atoms with Crippen molar-refractivity contribution in [2.24, 2.45) is 5.92 Å². The van der Waals surface area contributed by atoms with E-state index in [-0.39, 0.29) is 12.4 Å². The van der Waals surface area contributed by atoms with Crippen LogP contribution in [0.1, 0.15) is 25.7 Å². The molecule has 0 aromatic heterocycles. The zero-order valence-corrected chi connectivity index (χ0v) is 16.8. The van der Waals surface area contributed by atoms with Crippen LogP contribution in [0.2, 0.25) is 0 Å². The van der Waals surface area contributed by atoms with Gasteiger partial charge in [-0.3, -0.25) is 4.79 Å². The standard InChI is InChI=1S/C17H25BrN2OS.ClH/c1-19-12-14-4-2-10-20(13-14)17(21)5-3-11-22-16-8-6-15(18)7-9-16;/h6-9,14,19H,2-5,10-13H2,1H3;1H. The Balaban J connectivity index is 0.00000264. The number of hydrogen-bond acceptors (Lipinski definition) is 3. The Morgan fingerprint density at radius 3 is 2.83 bits per heavy atom. The Labute approximate surface area is 158 Å². The van der Waals surface area contributed by atoms with E-state index >= 15 is 0 Å². The van der Waals surface area contributed by atoms with Gasteiger partial charge in [0.1, 0.15) is 0 Å². The first kappa shape index (κ1) is 20.8. The fourth-order valence-electron chi connectivity index (χ4n) is 2.85. The first-order valence-corrected chi connectivity index (χ1v) is 9.77. The van der Waals surface area contributed by atoms with Gasteiger partial charge in [0.15, 0.2) is 0 Å². The van der Waals surface area contributed by atoms with Gasteiger partial charge in [-0.15, -0.1) is 24.2 Å². The first-order chi connectivity index (χ1) is 10.7. The van der Waals surface area contributed by atoms with E-state index in [1.807, 2.05) is 18.8 Å². The largest absolute Gasteiger partial charge is 0.342 e. The molecule has 1 heterocycles. The summed E-state index contributed by atoms with van der Waals surface area (Å²) in [5, 5.41) is 3.23. The highest BCUT2D eigenvalue weighted by Gasteiger charge is 2.22. The molecule has 1 unspecified atom stereocenters. The number of thioether (sulfide) groups is 1. The average Bonchev–Trinajstić information content (AvgIpc) is 2.53. The van der Waals surface area contributed by atoms with Crippen molar-refractivity contribution in [1.29, 1.82) is 0 Å². The molecule has 1 aliphatic rings. The predicted octanol–water partition coefficient (Wildman–Crippen LogP) is 4.20. The summed E-state index contributed by atoms with van der Waals surface area (Å²) in [6.45, 7) is 2.89. The van der Waals surface area contributed by atoms with Crippen molar-refractivity contribution in [1.82, 2.24) is 10.2 Å². The maximum atomic E-state index is 12.3. The average molecular weight is 422 g/mol. The molecule has 0 aliphatic carbocycles. The van der Waals surface area contributed by atoms with Crippen molar-refractivity contribution < 1.29 is 4.79 Å². The van der Waals surface area contributed by atoms with E-state index in [2.05, 4.69) is 50.4 Å². The third-order valence-electron chi connectivity index (χ3n) is 3.98. The highest BCUT2D eigenvalue weighted by atomic mass is 79.9. The summed E-state index contributed by atoms with van der Waals surface area (Å²) in [4.78, 5) is 15.6. The lowest BCUT2D eigenvalue weighted by atomic mass is 9.98. The molecular formula is C17H26BrClN2OS. The predicted molar refractivity (Wildman–Crippen MR) is 105 cm³/mol. The molecule has 0 spiro atoms. The van der Waals surface area contributed by atoms with Gasteiger partial charge in [-0.2, -0.15) is 0 Å². The SMILES string of the molecule is CNCC1CCCN(C(=O)CCCSc2ccc(Br)cc2)C1.Cl. The van der Waals surface area contributed by atoms with E-state index in [0.29, 0.717) is 18.2 Å². The number of benzene rings is 1. The smallest absolute Gasteiger partial charge is 0.222 e. The molecule has 1 aromatic rings. The van der Waals surface area contributed by atoms with Crippen molar-refractivity contribution >= 4 is 46.0 Å². The van der Waals surface area contributed by atoms with Crippen LogP contribution in [0, 0.1) is 5.92 Å². The molecule has 0 bridgehead atoms. The second kappa shape index (κ2) is 11.3. The van der Waals surface area contributed by atoms with Gasteiger partial charge in [-0.25, -0.2) is 0 Å². The normalized spacial score (nSPS) is 17.7. The number of carbonyl (C=O) groups excluding carboxylic acids is 1. The van der Waals surface area contributed by atoms with Gasteiger partial charge >= 0.3 is 0 Å². The van der Waals surface area contributed by atoms with Gasteiger partial charge in [0, 0.05) is 28.9 Å². The summed E-state index contributed by atoms with van der Waals surface area (Å²) in [7, 11) is 1.99. The highest BCUT2D eigenvalue weighted by molar-refractivity contribution is 9.10. The molecule has 0 saturated carbocycles. The Hall–Kier alpha value is -0.230.